The van der Waals surface area contributed by atoms with Crippen molar-refractivity contribution in [1.82, 2.24) is 0 Å². The number of rotatable bonds is 2. The van der Waals surface area contributed by atoms with Crippen molar-refractivity contribution in [3.05, 3.63) is 70.3 Å². The number of hydrogen-bond acceptors (Lipinski definition) is 4. The third kappa shape index (κ3) is 1.94. The van der Waals surface area contributed by atoms with E-state index in [1.807, 2.05) is 31.2 Å². The highest BCUT2D eigenvalue weighted by molar-refractivity contribution is 6.34. The van der Waals surface area contributed by atoms with Crippen LogP contribution >= 0.6 is 0 Å². The van der Waals surface area contributed by atoms with Gasteiger partial charge in [0, 0.05) is 11.1 Å². The minimum Gasteiger partial charge on any atom is -0.496 e. The van der Waals surface area contributed by atoms with Crippen LogP contribution in [0.3, 0.4) is 0 Å². The van der Waals surface area contributed by atoms with Crippen LogP contribution in [0.2, 0.25) is 0 Å². The highest BCUT2D eigenvalue weighted by atomic mass is 16.5. The van der Waals surface area contributed by atoms with E-state index in [0.717, 1.165) is 16.3 Å². The molecule has 0 bridgehead atoms. The molecule has 4 nitrogen and oxygen atoms in total. The number of carbonyl (C=O) groups is 2. The third-order valence-corrected chi connectivity index (χ3v) is 4.79. The number of benzene rings is 3. The number of hydrogen-bond donors (Lipinski definition) is 0. The Morgan fingerprint density at radius 2 is 1.44 bits per heavy atom. The molecule has 0 fully saturated rings. The Labute approximate surface area is 145 Å². The van der Waals surface area contributed by atoms with Gasteiger partial charge in [-0.25, -0.2) is 0 Å². The van der Waals surface area contributed by atoms with Gasteiger partial charge in [-0.1, -0.05) is 36.4 Å². The summed E-state index contributed by atoms with van der Waals surface area (Å²) in [6, 6.07) is 12.6. The van der Waals surface area contributed by atoms with Crippen LogP contribution in [0.1, 0.15) is 37.4 Å². The molecule has 25 heavy (non-hydrogen) atoms. The standard InChI is InChI=1S/C21H16O4/c1-11-12-7-4-5-8-13(12)17-18(21(11)25-3)19(22)14-9-6-10-15(24-2)16(14)20(17)23/h4-10H,1-3H3. The van der Waals surface area contributed by atoms with Gasteiger partial charge in [-0.15, -0.1) is 0 Å². The first kappa shape index (κ1) is 15.4. The van der Waals surface area contributed by atoms with Crippen molar-refractivity contribution in [2.45, 2.75) is 6.92 Å². The van der Waals surface area contributed by atoms with Gasteiger partial charge in [0.15, 0.2) is 11.6 Å². The van der Waals surface area contributed by atoms with Crippen LogP contribution in [-0.2, 0) is 0 Å². The Morgan fingerprint density at radius 1 is 0.720 bits per heavy atom. The SMILES string of the molecule is COc1cccc2c1C(=O)c1c(c(OC)c(C)c3ccccc13)C2=O. The molecule has 0 radical (unpaired) electrons. The Bertz CT molecular complexity index is 1060. The van der Waals surface area contributed by atoms with E-state index in [-0.39, 0.29) is 11.6 Å². The maximum Gasteiger partial charge on any atom is 0.199 e. The van der Waals surface area contributed by atoms with Crippen molar-refractivity contribution in [3.63, 3.8) is 0 Å². The van der Waals surface area contributed by atoms with Gasteiger partial charge in [-0.05, 0) is 29.3 Å². The molecular weight excluding hydrogens is 316 g/mol. The molecule has 0 N–H and O–H groups in total. The van der Waals surface area contributed by atoms with Gasteiger partial charge in [-0.2, -0.15) is 0 Å². The van der Waals surface area contributed by atoms with Crippen LogP contribution < -0.4 is 9.47 Å². The fraction of sp³-hybridized carbons (Fsp3) is 0.143. The molecule has 3 aromatic rings. The summed E-state index contributed by atoms with van der Waals surface area (Å²) < 4.78 is 10.9. The highest BCUT2D eigenvalue weighted by Crippen LogP contribution is 2.42. The summed E-state index contributed by atoms with van der Waals surface area (Å²) in [6.45, 7) is 1.90. The molecular formula is C21H16O4. The highest BCUT2D eigenvalue weighted by Gasteiger charge is 2.37. The lowest BCUT2D eigenvalue weighted by atomic mass is 9.79. The minimum absolute atomic E-state index is 0.212. The lowest BCUT2D eigenvalue weighted by molar-refractivity contribution is 0.0975. The minimum atomic E-state index is -0.214. The fourth-order valence-corrected chi connectivity index (χ4v) is 3.68. The molecule has 0 amide bonds. The first-order valence-electron chi connectivity index (χ1n) is 7.95. The molecule has 4 heteroatoms. The number of carbonyl (C=O) groups excluding carboxylic acids is 2. The van der Waals surface area contributed by atoms with Crippen LogP contribution in [0.15, 0.2) is 42.5 Å². The second-order valence-corrected chi connectivity index (χ2v) is 5.99. The summed E-state index contributed by atoms with van der Waals surface area (Å²) in [7, 11) is 3.02. The van der Waals surface area contributed by atoms with E-state index in [9.17, 15) is 9.59 Å². The number of ether oxygens (including phenoxy) is 2. The molecule has 0 atom stereocenters. The lowest BCUT2D eigenvalue weighted by Gasteiger charge is -2.24. The molecule has 0 aliphatic heterocycles. The quantitative estimate of drug-likeness (QED) is 0.558. The summed E-state index contributed by atoms with van der Waals surface area (Å²) in [5, 5.41) is 1.66. The third-order valence-electron chi connectivity index (χ3n) is 4.79. The molecule has 0 saturated carbocycles. The van der Waals surface area contributed by atoms with E-state index >= 15 is 0 Å². The summed E-state index contributed by atoms with van der Waals surface area (Å²) in [5.41, 5.74) is 2.25. The number of fused-ring (bicyclic) bond motifs is 4. The number of aryl methyl sites for hydroxylation is 1. The van der Waals surface area contributed by atoms with Gasteiger partial charge in [0.05, 0.1) is 25.3 Å². The zero-order valence-electron chi connectivity index (χ0n) is 14.2. The number of ketones is 2. The van der Waals surface area contributed by atoms with E-state index in [1.165, 1.54) is 14.2 Å². The smallest absolute Gasteiger partial charge is 0.199 e. The molecule has 0 heterocycles. The number of methoxy groups -OCH3 is 2. The van der Waals surface area contributed by atoms with Gasteiger partial charge < -0.3 is 9.47 Å². The van der Waals surface area contributed by atoms with Crippen molar-refractivity contribution in [2.24, 2.45) is 0 Å². The molecule has 0 unspecified atom stereocenters. The Balaban J connectivity index is 2.19. The zero-order chi connectivity index (χ0) is 17.7. The Kier molecular flexibility index (Phi) is 3.35. The zero-order valence-corrected chi connectivity index (χ0v) is 14.2. The average molecular weight is 332 g/mol. The monoisotopic (exact) mass is 332 g/mol. The van der Waals surface area contributed by atoms with E-state index in [2.05, 4.69) is 0 Å². The largest absolute Gasteiger partial charge is 0.496 e. The molecule has 3 aromatic carbocycles. The fourth-order valence-electron chi connectivity index (χ4n) is 3.68. The van der Waals surface area contributed by atoms with Crippen LogP contribution in [0, 0.1) is 6.92 Å². The molecule has 0 saturated heterocycles. The summed E-state index contributed by atoms with van der Waals surface area (Å²) >= 11 is 0. The van der Waals surface area contributed by atoms with E-state index in [1.54, 1.807) is 18.2 Å². The van der Waals surface area contributed by atoms with Crippen molar-refractivity contribution >= 4 is 22.3 Å². The van der Waals surface area contributed by atoms with Crippen molar-refractivity contribution in [1.29, 1.82) is 0 Å². The maximum atomic E-state index is 13.3. The van der Waals surface area contributed by atoms with Gasteiger partial charge in [0.2, 0.25) is 0 Å². The van der Waals surface area contributed by atoms with Gasteiger partial charge in [0.25, 0.3) is 0 Å². The normalized spacial score (nSPS) is 12.8. The molecule has 124 valence electrons. The predicted octanol–water partition coefficient (Wildman–Crippen LogP) is 3.94. The summed E-state index contributed by atoms with van der Waals surface area (Å²) in [5.74, 6) is 0.441. The first-order valence-corrected chi connectivity index (χ1v) is 7.95. The maximum absolute atomic E-state index is 13.3. The van der Waals surface area contributed by atoms with Crippen LogP contribution in [0.5, 0.6) is 11.5 Å². The Hall–Kier alpha value is -3.14. The Morgan fingerprint density at radius 3 is 2.12 bits per heavy atom. The average Bonchev–Trinajstić information content (AvgIpc) is 2.65. The van der Waals surface area contributed by atoms with Crippen molar-refractivity contribution in [2.75, 3.05) is 14.2 Å². The van der Waals surface area contributed by atoms with Gasteiger partial charge >= 0.3 is 0 Å². The van der Waals surface area contributed by atoms with Crippen LogP contribution in [0.25, 0.3) is 10.8 Å². The van der Waals surface area contributed by atoms with E-state index < -0.39 is 0 Å². The van der Waals surface area contributed by atoms with Gasteiger partial charge in [0.1, 0.15) is 11.5 Å². The summed E-state index contributed by atoms with van der Waals surface area (Å²) in [4.78, 5) is 26.5. The van der Waals surface area contributed by atoms with Crippen molar-refractivity contribution in [3.8, 4) is 11.5 Å². The topological polar surface area (TPSA) is 52.6 Å². The summed E-state index contributed by atoms with van der Waals surface area (Å²) in [6.07, 6.45) is 0. The predicted molar refractivity (Wildman–Crippen MR) is 95.1 cm³/mol. The molecule has 4 rings (SSSR count). The second kappa shape index (κ2) is 5.45. The van der Waals surface area contributed by atoms with Crippen LogP contribution in [0.4, 0.5) is 0 Å². The van der Waals surface area contributed by atoms with Crippen molar-refractivity contribution < 1.29 is 19.1 Å². The molecule has 0 aromatic heterocycles. The molecule has 1 aliphatic carbocycles. The first-order chi connectivity index (χ1) is 12.1. The molecule has 1 aliphatic rings. The van der Waals surface area contributed by atoms with E-state index in [4.69, 9.17) is 9.47 Å². The van der Waals surface area contributed by atoms with Crippen LogP contribution in [-0.4, -0.2) is 25.8 Å². The van der Waals surface area contributed by atoms with E-state index in [0.29, 0.717) is 33.8 Å². The lowest BCUT2D eigenvalue weighted by Crippen LogP contribution is -2.23. The molecule has 0 spiro atoms. The van der Waals surface area contributed by atoms with Gasteiger partial charge in [-0.3, -0.25) is 9.59 Å². The second-order valence-electron chi connectivity index (χ2n) is 5.99.